The Labute approximate surface area is 157 Å². The highest BCUT2D eigenvalue weighted by Crippen LogP contribution is 2.51. The van der Waals surface area contributed by atoms with Crippen LogP contribution in [0.2, 0.25) is 0 Å². The molecule has 1 aromatic heterocycles. The molecule has 6 heteroatoms. The van der Waals surface area contributed by atoms with Crippen molar-refractivity contribution in [3.05, 3.63) is 59.7 Å². The molecule has 2 fully saturated rings. The molecule has 2 aliphatic rings. The second-order valence-electron chi connectivity index (χ2n) is 7.87. The first-order valence-corrected chi connectivity index (χ1v) is 9.48. The van der Waals surface area contributed by atoms with Gasteiger partial charge in [0.25, 0.3) is 5.91 Å². The highest BCUT2D eigenvalue weighted by molar-refractivity contribution is 5.98. The second-order valence-corrected chi connectivity index (χ2v) is 7.87. The number of aromatic nitrogens is 3. The summed E-state index contributed by atoms with van der Waals surface area (Å²) in [7, 11) is 0. The SMILES string of the molecule is O=C(c1ccc2n[nH]nc2c1)N1[C@@H]2CC[C@H]1[C@](CO)(Cc1ccccc1)C2. The minimum absolute atomic E-state index is 0.0378. The average molecular weight is 362 g/mol. The Kier molecular flexibility index (Phi) is 3.75. The summed E-state index contributed by atoms with van der Waals surface area (Å²) in [5.41, 5.74) is 3.06. The number of hydrogen-bond acceptors (Lipinski definition) is 4. The summed E-state index contributed by atoms with van der Waals surface area (Å²) in [5.74, 6) is 0.0378. The first-order chi connectivity index (χ1) is 13.2. The van der Waals surface area contributed by atoms with Gasteiger partial charge in [0.2, 0.25) is 0 Å². The van der Waals surface area contributed by atoms with E-state index in [1.807, 2.05) is 35.2 Å². The first kappa shape index (κ1) is 16.4. The molecule has 0 unspecified atom stereocenters. The van der Waals surface area contributed by atoms with Crippen molar-refractivity contribution in [2.75, 3.05) is 6.61 Å². The van der Waals surface area contributed by atoms with Gasteiger partial charge in [-0.15, -0.1) is 0 Å². The molecule has 6 nitrogen and oxygen atoms in total. The van der Waals surface area contributed by atoms with Crippen LogP contribution in [0.25, 0.3) is 11.0 Å². The maximum absolute atomic E-state index is 13.3. The number of H-pyrrole nitrogens is 1. The van der Waals surface area contributed by atoms with E-state index >= 15 is 0 Å². The maximum Gasteiger partial charge on any atom is 0.254 e. The van der Waals surface area contributed by atoms with Crippen LogP contribution in [0.3, 0.4) is 0 Å². The van der Waals surface area contributed by atoms with Crippen molar-refractivity contribution >= 4 is 16.9 Å². The minimum atomic E-state index is -0.252. The molecule has 5 rings (SSSR count). The first-order valence-electron chi connectivity index (χ1n) is 9.48. The molecule has 2 bridgehead atoms. The number of aliphatic hydroxyl groups is 1. The standard InChI is InChI=1S/C21H22N4O2/c26-13-21(11-14-4-2-1-3-5-14)12-16-7-9-19(21)25(16)20(27)15-6-8-17-18(10-15)23-24-22-17/h1-6,8,10,16,19,26H,7,9,11-13H2,(H,22,23,24)/t16-,19+,21-/m1/s1. The van der Waals surface area contributed by atoms with Crippen LogP contribution in [0.5, 0.6) is 0 Å². The smallest absolute Gasteiger partial charge is 0.254 e. The predicted molar refractivity (Wildman–Crippen MR) is 101 cm³/mol. The van der Waals surface area contributed by atoms with E-state index in [1.54, 1.807) is 6.07 Å². The highest BCUT2D eigenvalue weighted by Gasteiger charge is 2.57. The molecule has 2 aromatic carbocycles. The van der Waals surface area contributed by atoms with Gasteiger partial charge in [0.15, 0.2) is 0 Å². The van der Waals surface area contributed by atoms with Crippen molar-refractivity contribution in [1.82, 2.24) is 20.3 Å². The molecule has 138 valence electrons. The summed E-state index contributed by atoms with van der Waals surface area (Å²) in [6.45, 7) is 0.106. The number of nitrogens with zero attached hydrogens (tertiary/aromatic N) is 3. The highest BCUT2D eigenvalue weighted by atomic mass is 16.3. The van der Waals surface area contributed by atoms with Gasteiger partial charge in [-0.25, -0.2) is 0 Å². The van der Waals surface area contributed by atoms with Gasteiger partial charge in [0.05, 0.1) is 6.61 Å². The van der Waals surface area contributed by atoms with Crippen LogP contribution in [-0.4, -0.2) is 50.0 Å². The second kappa shape index (κ2) is 6.16. The number of fused-ring (bicyclic) bond motifs is 3. The lowest BCUT2D eigenvalue weighted by Crippen LogP contribution is -2.43. The molecule has 3 atom stereocenters. The van der Waals surface area contributed by atoms with Gasteiger partial charge in [-0.3, -0.25) is 4.79 Å². The summed E-state index contributed by atoms with van der Waals surface area (Å²) >= 11 is 0. The fourth-order valence-corrected chi connectivity index (χ4v) is 5.14. The Morgan fingerprint density at radius 1 is 1.15 bits per heavy atom. The van der Waals surface area contributed by atoms with Crippen LogP contribution in [0.15, 0.2) is 48.5 Å². The summed E-state index contributed by atoms with van der Waals surface area (Å²) in [5, 5.41) is 21.1. The summed E-state index contributed by atoms with van der Waals surface area (Å²) in [6.07, 6.45) is 3.63. The predicted octanol–water partition coefficient (Wildman–Crippen LogP) is 2.56. The van der Waals surface area contributed by atoms with E-state index in [-0.39, 0.29) is 30.0 Å². The molecule has 1 amide bonds. The van der Waals surface area contributed by atoms with Crippen molar-refractivity contribution < 1.29 is 9.90 Å². The zero-order valence-corrected chi connectivity index (χ0v) is 15.0. The number of hydrogen-bond donors (Lipinski definition) is 2. The third kappa shape index (κ3) is 2.55. The molecule has 2 N–H and O–H groups in total. The molecular formula is C21H22N4O2. The molecule has 0 spiro atoms. The van der Waals surface area contributed by atoms with E-state index in [2.05, 4.69) is 27.5 Å². The van der Waals surface area contributed by atoms with Crippen LogP contribution < -0.4 is 0 Å². The Balaban J connectivity index is 1.46. The molecule has 2 saturated heterocycles. The summed E-state index contributed by atoms with van der Waals surface area (Å²) < 4.78 is 0. The summed E-state index contributed by atoms with van der Waals surface area (Å²) in [6, 6.07) is 16.0. The van der Waals surface area contributed by atoms with Crippen LogP contribution >= 0.6 is 0 Å². The number of carbonyl (C=O) groups excluding carboxylic acids is 1. The third-order valence-electron chi connectivity index (χ3n) is 6.36. The van der Waals surface area contributed by atoms with Crippen molar-refractivity contribution in [1.29, 1.82) is 0 Å². The number of amides is 1. The Bertz CT molecular complexity index is 986. The average Bonchev–Trinajstić information content (AvgIpc) is 3.41. The van der Waals surface area contributed by atoms with Crippen molar-refractivity contribution in [3.63, 3.8) is 0 Å². The Morgan fingerprint density at radius 2 is 1.96 bits per heavy atom. The number of rotatable bonds is 4. The zero-order chi connectivity index (χ0) is 18.4. The largest absolute Gasteiger partial charge is 0.396 e. The van der Waals surface area contributed by atoms with Gasteiger partial charge < -0.3 is 10.0 Å². The quantitative estimate of drug-likeness (QED) is 0.747. The van der Waals surface area contributed by atoms with E-state index in [0.29, 0.717) is 11.1 Å². The van der Waals surface area contributed by atoms with Crippen LogP contribution in [0.4, 0.5) is 0 Å². The molecule has 0 radical (unpaired) electrons. The molecule has 3 aromatic rings. The fraction of sp³-hybridized carbons (Fsp3) is 0.381. The number of benzene rings is 2. The number of nitrogens with one attached hydrogen (secondary N) is 1. The van der Waals surface area contributed by atoms with Gasteiger partial charge in [-0.05, 0) is 49.4 Å². The topological polar surface area (TPSA) is 82.1 Å². The van der Waals surface area contributed by atoms with Crippen molar-refractivity contribution in [2.45, 2.75) is 37.8 Å². The monoisotopic (exact) mass is 362 g/mol. The zero-order valence-electron chi connectivity index (χ0n) is 15.0. The minimum Gasteiger partial charge on any atom is -0.396 e. The Hall–Kier alpha value is -2.73. The lowest BCUT2D eigenvalue weighted by atomic mass is 9.70. The number of aromatic amines is 1. The van der Waals surface area contributed by atoms with Gasteiger partial charge in [-0.1, -0.05) is 30.3 Å². The fourth-order valence-electron chi connectivity index (χ4n) is 5.14. The molecule has 3 heterocycles. The molecule has 0 aliphatic carbocycles. The molecule has 2 aliphatic heterocycles. The van der Waals surface area contributed by atoms with E-state index in [0.717, 1.165) is 31.2 Å². The number of aliphatic hydroxyl groups excluding tert-OH is 1. The molecule has 0 saturated carbocycles. The summed E-state index contributed by atoms with van der Waals surface area (Å²) in [4.78, 5) is 15.3. The van der Waals surface area contributed by atoms with E-state index in [1.165, 1.54) is 5.56 Å². The van der Waals surface area contributed by atoms with Gasteiger partial charge in [-0.2, -0.15) is 15.4 Å². The van der Waals surface area contributed by atoms with Crippen LogP contribution in [0.1, 0.15) is 35.2 Å². The Morgan fingerprint density at radius 3 is 2.78 bits per heavy atom. The number of carbonyl (C=O) groups is 1. The molecule has 27 heavy (non-hydrogen) atoms. The van der Waals surface area contributed by atoms with Crippen LogP contribution in [0, 0.1) is 5.41 Å². The van der Waals surface area contributed by atoms with E-state index < -0.39 is 0 Å². The van der Waals surface area contributed by atoms with Crippen molar-refractivity contribution in [3.8, 4) is 0 Å². The maximum atomic E-state index is 13.3. The van der Waals surface area contributed by atoms with Gasteiger partial charge in [0.1, 0.15) is 11.0 Å². The lowest BCUT2D eigenvalue weighted by molar-refractivity contribution is 0.0571. The van der Waals surface area contributed by atoms with E-state index in [9.17, 15) is 9.90 Å². The van der Waals surface area contributed by atoms with Crippen LogP contribution in [-0.2, 0) is 6.42 Å². The molecular weight excluding hydrogens is 340 g/mol. The van der Waals surface area contributed by atoms with Gasteiger partial charge >= 0.3 is 0 Å². The van der Waals surface area contributed by atoms with Crippen molar-refractivity contribution in [2.24, 2.45) is 5.41 Å². The van der Waals surface area contributed by atoms with E-state index in [4.69, 9.17) is 0 Å². The normalized spacial score (nSPS) is 26.8. The third-order valence-corrected chi connectivity index (χ3v) is 6.36. The lowest BCUT2D eigenvalue weighted by Gasteiger charge is -2.36. The van der Waals surface area contributed by atoms with Gasteiger partial charge in [0, 0.05) is 23.1 Å².